The number of rotatable bonds is 3. The zero-order chi connectivity index (χ0) is 15.1. The lowest BCUT2D eigenvalue weighted by atomic mass is 9.76. The molecule has 1 aliphatic heterocycles. The van der Waals surface area contributed by atoms with Crippen LogP contribution in [0.1, 0.15) is 47.2 Å². The molecule has 0 saturated carbocycles. The zero-order valence-electron chi connectivity index (χ0n) is 13.2. The first kappa shape index (κ1) is 15.5. The second kappa shape index (κ2) is 5.12. The normalized spacial score (nSPS) is 20.7. The van der Waals surface area contributed by atoms with Crippen molar-refractivity contribution in [2.75, 3.05) is 0 Å². The Labute approximate surface area is 121 Å². The van der Waals surface area contributed by atoms with Gasteiger partial charge < -0.3 is 9.31 Å². The molecule has 1 aromatic heterocycles. The van der Waals surface area contributed by atoms with Crippen LogP contribution in [0.15, 0.2) is 12.3 Å². The van der Waals surface area contributed by atoms with Gasteiger partial charge in [0.1, 0.15) is 5.82 Å². The molecule has 1 aromatic rings. The maximum atomic E-state index is 14.3. The molecule has 2 rings (SSSR count). The average molecular weight is 279 g/mol. The van der Waals surface area contributed by atoms with Gasteiger partial charge in [-0.2, -0.15) is 0 Å². The molecule has 0 aromatic carbocycles. The summed E-state index contributed by atoms with van der Waals surface area (Å²) >= 11 is 0. The van der Waals surface area contributed by atoms with E-state index in [2.05, 4.69) is 18.8 Å². The van der Waals surface area contributed by atoms with Crippen LogP contribution < -0.4 is 5.46 Å². The van der Waals surface area contributed by atoms with Crippen LogP contribution in [0.25, 0.3) is 0 Å². The summed E-state index contributed by atoms with van der Waals surface area (Å²) in [7, 11) is -0.692. The summed E-state index contributed by atoms with van der Waals surface area (Å²) in [6.07, 6.45) is 2.21. The first-order valence-corrected chi connectivity index (χ1v) is 7.13. The van der Waals surface area contributed by atoms with Crippen LogP contribution in [0.3, 0.4) is 0 Å². The highest BCUT2D eigenvalue weighted by atomic mass is 19.1. The van der Waals surface area contributed by atoms with Gasteiger partial charge in [-0.1, -0.05) is 13.8 Å². The van der Waals surface area contributed by atoms with Crippen molar-refractivity contribution in [3.63, 3.8) is 0 Å². The van der Waals surface area contributed by atoms with Gasteiger partial charge in [-0.3, -0.25) is 4.98 Å². The summed E-state index contributed by atoms with van der Waals surface area (Å²) in [4.78, 5) is 4.32. The van der Waals surface area contributed by atoms with E-state index in [9.17, 15) is 4.39 Å². The van der Waals surface area contributed by atoms with Crippen LogP contribution in [0.5, 0.6) is 0 Å². The summed E-state index contributed by atoms with van der Waals surface area (Å²) in [5.41, 5.74) is 0.211. The molecule has 0 radical (unpaired) electrons. The van der Waals surface area contributed by atoms with E-state index in [0.717, 1.165) is 5.69 Å². The molecule has 0 amide bonds. The highest BCUT2D eigenvalue weighted by Gasteiger charge is 2.53. The predicted molar refractivity (Wildman–Crippen MR) is 78.5 cm³/mol. The van der Waals surface area contributed by atoms with Gasteiger partial charge in [0.15, 0.2) is 0 Å². The minimum absolute atomic E-state index is 0.311. The zero-order valence-corrected chi connectivity index (χ0v) is 13.2. The van der Waals surface area contributed by atoms with Crippen molar-refractivity contribution in [3.8, 4) is 0 Å². The standard InChI is InChI=1S/C15H23BFNO2/c1-10(2)9-12-13(11(17)7-8-18-12)16-19-14(3,4)15(5,6)20-16/h7-8,10H,9H2,1-6H3. The number of halogens is 1. The first-order chi connectivity index (χ1) is 9.14. The Bertz CT molecular complexity index is 487. The molecule has 0 unspecified atom stereocenters. The quantitative estimate of drug-likeness (QED) is 0.797. The van der Waals surface area contributed by atoms with Crippen LogP contribution in [0.2, 0.25) is 0 Å². The van der Waals surface area contributed by atoms with Crippen molar-refractivity contribution in [3.05, 3.63) is 23.8 Å². The third kappa shape index (κ3) is 2.74. The Kier molecular flexibility index (Phi) is 3.95. The Hall–Kier alpha value is -0.935. The van der Waals surface area contributed by atoms with E-state index in [1.807, 2.05) is 27.7 Å². The molecule has 3 nitrogen and oxygen atoms in total. The van der Waals surface area contributed by atoms with Crippen molar-refractivity contribution >= 4 is 12.6 Å². The van der Waals surface area contributed by atoms with Gasteiger partial charge in [0, 0.05) is 17.4 Å². The molecule has 5 heteroatoms. The fraction of sp³-hybridized carbons (Fsp3) is 0.667. The van der Waals surface area contributed by atoms with Crippen LogP contribution in [-0.2, 0) is 15.7 Å². The molecule has 0 bridgehead atoms. The molecule has 2 heterocycles. The fourth-order valence-corrected chi connectivity index (χ4v) is 2.25. The molecule has 20 heavy (non-hydrogen) atoms. The van der Waals surface area contributed by atoms with Crippen molar-refractivity contribution < 1.29 is 13.7 Å². The third-order valence-corrected chi connectivity index (χ3v) is 4.11. The van der Waals surface area contributed by atoms with Gasteiger partial charge in [-0.25, -0.2) is 4.39 Å². The summed E-state index contributed by atoms with van der Waals surface area (Å²) < 4.78 is 26.2. The van der Waals surface area contributed by atoms with E-state index in [1.165, 1.54) is 12.3 Å². The van der Waals surface area contributed by atoms with Gasteiger partial charge in [0.25, 0.3) is 0 Å². The number of pyridine rings is 1. The SMILES string of the molecule is CC(C)Cc1nccc(F)c1B1OC(C)(C)C(C)(C)O1. The molecule has 1 saturated heterocycles. The lowest BCUT2D eigenvalue weighted by Crippen LogP contribution is -2.41. The van der Waals surface area contributed by atoms with E-state index < -0.39 is 18.3 Å². The lowest BCUT2D eigenvalue weighted by Gasteiger charge is -2.32. The van der Waals surface area contributed by atoms with Gasteiger partial charge in [-0.05, 0) is 46.1 Å². The Morgan fingerprint density at radius 2 is 1.75 bits per heavy atom. The topological polar surface area (TPSA) is 31.4 Å². The smallest absolute Gasteiger partial charge is 0.399 e. The Morgan fingerprint density at radius 3 is 2.25 bits per heavy atom. The summed E-state index contributed by atoms with van der Waals surface area (Å²) in [6.45, 7) is 12.0. The molecule has 1 fully saturated rings. The highest BCUT2D eigenvalue weighted by Crippen LogP contribution is 2.36. The number of nitrogens with zero attached hydrogens (tertiary/aromatic N) is 1. The van der Waals surface area contributed by atoms with Crippen LogP contribution >= 0.6 is 0 Å². The average Bonchev–Trinajstić information content (AvgIpc) is 2.46. The molecular formula is C15H23BFNO2. The van der Waals surface area contributed by atoms with E-state index in [1.54, 1.807) is 0 Å². The third-order valence-electron chi connectivity index (χ3n) is 4.11. The minimum atomic E-state index is -0.692. The Balaban J connectivity index is 2.39. The second-order valence-corrected chi connectivity index (χ2v) is 6.84. The lowest BCUT2D eigenvalue weighted by molar-refractivity contribution is 0.00578. The van der Waals surface area contributed by atoms with Crippen LogP contribution in [-0.4, -0.2) is 23.3 Å². The van der Waals surface area contributed by atoms with E-state index in [0.29, 0.717) is 17.8 Å². The second-order valence-electron chi connectivity index (χ2n) is 6.84. The summed E-state index contributed by atoms with van der Waals surface area (Å²) in [6, 6.07) is 1.37. The molecule has 0 spiro atoms. The maximum Gasteiger partial charge on any atom is 0.499 e. The number of hydrogen-bond donors (Lipinski definition) is 0. The largest absolute Gasteiger partial charge is 0.499 e. The maximum absolute atomic E-state index is 14.3. The molecule has 1 aliphatic rings. The van der Waals surface area contributed by atoms with Gasteiger partial charge in [0.05, 0.1) is 11.2 Å². The molecular weight excluding hydrogens is 256 g/mol. The summed E-state index contributed by atoms with van der Waals surface area (Å²) in [5, 5.41) is 0. The Morgan fingerprint density at radius 1 is 1.20 bits per heavy atom. The number of aromatic nitrogens is 1. The van der Waals surface area contributed by atoms with Crippen molar-refractivity contribution in [1.82, 2.24) is 4.98 Å². The highest BCUT2D eigenvalue weighted by molar-refractivity contribution is 6.62. The van der Waals surface area contributed by atoms with Crippen molar-refractivity contribution in [2.45, 2.75) is 59.2 Å². The predicted octanol–water partition coefficient (Wildman–Crippen LogP) is 2.72. The van der Waals surface area contributed by atoms with E-state index >= 15 is 0 Å². The number of hydrogen-bond acceptors (Lipinski definition) is 3. The monoisotopic (exact) mass is 279 g/mol. The van der Waals surface area contributed by atoms with Gasteiger partial charge >= 0.3 is 7.12 Å². The fourth-order valence-electron chi connectivity index (χ4n) is 2.25. The van der Waals surface area contributed by atoms with Crippen molar-refractivity contribution in [1.29, 1.82) is 0 Å². The van der Waals surface area contributed by atoms with Crippen molar-refractivity contribution in [2.24, 2.45) is 5.92 Å². The van der Waals surface area contributed by atoms with Crippen LogP contribution in [0.4, 0.5) is 4.39 Å². The molecule has 0 atom stereocenters. The van der Waals surface area contributed by atoms with Gasteiger partial charge in [-0.15, -0.1) is 0 Å². The van der Waals surface area contributed by atoms with Gasteiger partial charge in [0.2, 0.25) is 0 Å². The summed E-state index contributed by atoms with van der Waals surface area (Å²) in [5.74, 6) is 0.0830. The van der Waals surface area contributed by atoms with E-state index in [-0.39, 0.29) is 5.82 Å². The molecule has 0 N–H and O–H groups in total. The molecule has 0 aliphatic carbocycles. The van der Waals surface area contributed by atoms with E-state index in [4.69, 9.17) is 9.31 Å². The van der Waals surface area contributed by atoms with Crippen LogP contribution in [0, 0.1) is 11.7 Å². The molecule has 110 valence electrons. The minimum Gasteiger partial charge on any atom is -0.399 e. The first-order valence-electron chi connectivity index (χ1n) is 7.13.